The summed E-state index contributed by atoms with van der Waals surface area (Å²) in [6.45, 7) is 3.12. The van der Waals surface area contributed by atoms with E-state index in [0.717, 1.165) is 54.0 Å². The Morgan fingerprint density at radius 2 is 1.81 bits per heavy atom. The number of carbonyl (C=O) groups excluding carboxylic acids is 1. The van der Waals surface area contributed by atoms with Gasteiger partial charge in [-0.2, -0.15) is 13.2 Å². The van der Waals surface area contributed by atoms with Crippen LogP contribution in [0.2, 0.25) is 0 Å². The lowest BCUT2D eigenvalue weighted by Crippen LogP contribution is -2.30. The van der Waals surface area contributed by atoms with Crippen LogP contribution in [-0.4, -0.2) is 27.1 Å². The monoisotopic (exact) mass is 502 g/mol. The van der Waals surface area contributed by atoms with E-state index in [-0.39, 0.29) is 8.54 Å². The van der Waals surface area contributed by atoms with Crippen LogP contribution in [0.15, 0.2) is 48.5 Å². The zero-order valence-electron chi connectivity index (χ0n) is 20.0. The maximum atomic E-state index is 13.1. The van der Waals surface area contributed by atoms with Gasteiger partial charge in [-0.1, -0.05) is 43.7 Å². The topological polar surface area (TPSA) is 97.9 Å². The quantitative estimate of drug-likeness (QED) is 0.224. The molecule has 2 aromatic heterocycles. The molecule has 2 heterocycles. The molecular weight excluding hydrogens is 469 g/mol. The molecule has 0 fully saturated rings. The second-order valence-electron chi connectivity index (χ2n) is 8.63. The molecule has 0 aliphatic heterocycles. The number of nitrogens with zero attached hydrogens (tertiary/aromatic N) is 3. The van der Waals surface area contributed by atoms with Crippen LogP contribution >= 0.6 is 0 Å². The number of carbonyl (C=O) groups is 1. The molecule has 10 heteroatoms. The Morgan fingerprint density at radius 1 is 1.06 bits per heavy atom. The van der Waals surface area contributed by atoms with Gasteiger partial charge in [0, 0.05) is 27.7 Å². The van der Waals surface area contributed by atoms with Gasteiger partial charge < -0.3 is 20.9 Å². The number of nitrogens with one attached hydrogen (secondary N) is 2. The van der Waals surface area contributed by atoms with Crippen LogP contribution in [0.3, 0.4) is 0 Å². The van der Waals surface area contributed by atoms with E-state index in [9.17, 15) is 18.0 Å². The third-order valence-electron chi connectivity index (χ3n) is 6.02. The molecule has 2 amide bonds. The minimum atomic E-state index is -4.55. The van der Waals surface area contributed by atoms with Crippen LogP contribution < -0.4 is 16.4 Å². The number of aromatic nitrogens is 3. The number of imidazole rings is 1. The standard InChI is InChI=1S/C26H29F3N6O.2H2/c1-2-3-14-21-34-22-23(17-10-4-6-12-19(17)32-24(22)30)35(21)16-9-8-15-31-25(36)33-20-13-7-5-11-18(20)26(27,28)29;;/h4-7,10-13H,2-3,8-9,14-16H2,1H3,(H2,30,32)(H2,31,33,36);2*1H. The second kappa shape index (κ2) is 10.8. The molecule has 0 saturated carbocycles. The molecule has 0 saturated heterocycles. The van der Waals surface area contributed by atoms with Crippen molar-refractivity contribution in [3.63, 3.8) is 0 Å². The van der Waals surface area contributed by atoms with Crippen LogP contribution in [0, 0.1) is 0 Å². The number of halogens is 3. The van der Waals surface area contributed by atoms with Crippen LogP contribution in [0.4, 0.5) is 29.5 Å². The summed E-state index contributed by atoms with van der Waals surface area (Å²) in [5.74, 6) is 1.35. The predicted molar refractivity (Wildman–Crippen MR) is 140 cm³/mol. The van der Waals surface area contributed by atoms with E-state index < -0.39 is 17.8 Å². The molecule has 0 spiro atoms. The lowest BCUT2D eigenvalue weighted by Gasteiger charge is -2.14. The Labute approximate surface area is 209 Å². The zero-order valence-corrected chi connectivity index (χ0v) is 20.0. The number of benzene rings is 2. The number of para-hydroxylation sites is 2. The fraction of sp³-hybridized carbons (Fsp3) is 0.346. The molecule has 4 N–H and O–H groups in total. The van der Waals surface area contributed by atoms with Gasteiger partial charge in [-0.25, -0.2) is 14.8 Å². The van der Waals surface area contributed by atoms with Crippen LogP contribution in [0.5, 0.6) is 0 Å². The van der Waals surface area contributed by atoms with E-state index in [2.05, 4.69) is 27.1 Å². The highest BCUT2D eigenvalue weighted by molar-refractivity contribution is 6.06. The van der Waals surface area contributed by atoms with E-state index in [0.29, 0.717) is 30.8 Å². The minimum Gasteiger partial charge on any atom is -0.382 e. The normalized spacial score (nSPS) is 11.8. The summed E-state index contributed by atoms with van der Waals surface area (Å²) < 4.78 is 41.6. The number of nitrogen functional groups attached to an aromatic ring is 1. The molecule has 194 valence electrons. The van der Waals surface area contributed by atoms with Crippen molar-refractivity contribution in [1.82, 2.24) is 19.9 Å². The van der Waals surface area contributed by atoms with Crippen LogP contribution in [0.25, 0.3) is 21.9 Å². The first kappa shape index (κ1) is 25.3. The highest BCUT2D eigenvalue weighted by atomic mass is 19.4. The summed E-state index contributed by atoms with van der Waals surface area (Å²) in [6, 6.07) is 12.0. The molecule has 0 aliphatic carbocycles. The first-order valence-corrected chi connectivity index (χ1v) is 12.0. The van der Waals surface area contributed by atoms with Crippen molar-refractivity contribution in [2.24, 2.45) is 0 Å². The average molecular weight is 503 g/mol. The van der Waals surface area contributed by atoms with E-state index in [1.54, 1.807) is 0 Å². The number of alkyl halides is 3. The number of nitrogens with two attached hydrogens (primary N) is 1. The molecule has 36 heavy (non-hydrogen) atoms. The molecule has 4 aromatic rings. The molecule has 0 atom stereocenters. The minimum absolute atomic E-state index is 0. The Balaban J connectivity index is 0.00000253. The molecule has 0 bridgehead atoms. The summed E-state index contributed by atoms with van der Waals surface area (Å²) >= 11 is 0. The Hall–Kier alpha value is -3.82. The van der Waals surface area contributed by atoms with Gasteiger partial charge in [0.1, 0.15) is 11.3 Å². The first-order valence-electron chi connectivity index (χ1n) is 12.0. The van der Waals surface area contributed by atoms with Crippen molar-refractivity contribution >= 4 is 39.5 Å². The molecular formula is C26H33F3N6O. The maximum absolute atomic E-state index is 13.1. The third-order valence-corrected chi connectivity index (χ3v) is 6.02. The van der Waals surface area contributed by atoms with Gasteiger partial charge in [0.2, 0.25) is 0 Å². The number of anilines is 2. The van der Waals surface area contributed by atoms with E-state index in [1.807, 2.05) is 24.3 Å². The number of hydrogen-bond donors (Lipinski definition) is 3. The van der Waals surface area contributed by atoms with Crippen molar-refractivity contribution in [3.05, 3.63) is 59.9 Å². The third kappa shape index (κ3) is 5.53. The number of aryl methyl sites for hydroxylation is 2. The highest BCUT2D eigenvalue weighted by Crippen LogP contribution is 2.34. The number of unbranched alkanes of at least 4 members (excludes halogenated alkanes) is 2. The fourth-order valence-corrected chi connectivity index (χ4v) is 4.27. The van der Waals surface area contributed by atoms with Gasteiger partial charge in [0.15, 0.2) is 5.82 Å². The van der Waals surface area contributed by atoms with Crippen molar-refractivity contribution < 1.29 is 20.8 Å². The number of urea groups is 1. The van der Waals surface area contributed by atoms with Gasteiger partial charge in [-0.3, -0.25) is 0 Å². The smallest absolute Gasteiger partial charge is 0.382 e. The van der Waals surface area contributed by atoms with Crippen LogP contribution in [-0.2, 0) is 19.1 Å². The molecule has 0 aliphatic rings. The Kier molecular flexibility index (Phi) is 7.61. The SMILES string of the molecule is CCCCc1nc2c(N)nc3ccccc3c2n1CCCCNC(=O)Nc1ccccc1C(F)(F)F.[HH].[HH]. The number of pyridine rings is 1. The Morgan fingerprint density at radius 3 is 2.58 bits per heavy atom. The largest absolute Gasteiger partial charge is 0.418 e. The molecule has 2 aromatic carbocycles. The average Bonchev–Trinajstić information content (AvgIpc) is 3.21. The van der Waals surface area contributed by atoms with E-state index in [1.165, 1.54) is 18.2 Å². The maximum Gasteiger partial charge on any atom is 0.418 e. The van der Waals surface area contributed by atoms with Crippen molar-refractivity contribution in [1.29, 1.82) is 0 Å². The summed E-state index contributed by atoms with van der Waals surface area (Å²) in [6.07, 6.45) is -0.321. The zero-order chi connectivity index (χ0) is 25.7. The molecule has 0 unspecified atom stereocenters. The molecule has 4 rings (SSSR count). The molecule has 0 radical (unpaired) electrons. The van der Waals surface area contributed by atoms with Crippen molar-refractivity contribution in [3.8, 4) is 0 Å². The highest BCUT2D eigenvalue weighted by Gasteiger charge is 2.33. The summed E-state index contributed by atoms with van der Waals surface area (Å²) in [4.78, 5) is 21.5. The van der Waals surface area contributed by atoms with E-state index in [4.69, 9.17) is 10.7 Å². The number of hydrogen-bond acceptors (Lipinski definition) is 4. The van der Waals surface area contributed by atoms with Crippen molar-refractivity contribution in [2.75, 3.05) is 17.6 Å². The number of fused-ring (bicyclic) bond motifs is 3. The van der Waals surface area contributed by atoms with Gasteiger partial charge >= 0.3 is 12.2 Å². The summed E-state index contributed by atoms with van der Waals surface area (Å²) in [5, 5.41) is 5.92. The number of amides is 2. The van der Waals surface area contributed by atoms with Gasteiger partial charge in [-0.05, 0) is 37.5 Å². The fourth-order valence-electron chi connectivity index (χ4n) is 4.27. The Bertz CT molecular complexity index is 1380. The summed E-state index contributed by atoms with van der Waals surface area (Å²) in [5.41, 5.74) is 7.54. The van der Waals surface area contributed by atoms with Crippen LogP contribution in [0.1, 0.15) is 46.8 Å². The molecule has 7 nitrogen and oxygen atoms in total. The van der Waals surface area contributed by atoms with Gasteiger partial charge in [0.25, 0.3) is 0 Å². The second-order valence-corrected chi connectivity index (χ2v) is 8.63. The first-order chi connectivity index (χ1) is 17.3. The van der Waals surface area contributed by atoms with Gasteiger partial charge in [-0.15, -0.1) is 0 Å². The lowest BCUT2D eigenvalue weighted by molar-refractivity contribution is -0.136. The van der Waals surface area contributed by atoms with Crippen molar-refractivity contribution in [2.45, 2.75) is 51.7 Å². The summed E-state index contributed by atoms with van der Waals surface area (Å²) in [7, 11) is 0. The predicted octanol–water partition coefficient (Wildman–Crippen LogP) is 6.62. The van der Waals surface area contributed by atoms with Gasteiger partial charge in [0.05, 0.1) is 22.3 Å². The van der Waals surface area contributed by atoms with E-state index >= 15 is 0 Å². The lowest BCUT2D eigenvalue weighted by atomic mass is 10.1. The number of rotatable bonds is 9.